The number of aliphatic hydroxyl groups excluding tert-OH is 1. The van der Waals surface area contributed by atoms with Crippen LogP contribution in [0.25, 0.3) is 0 Å². The summed E-state index contributed by atoms with van der Waals surface area (Å²) in [4.78, 5) is 0. The molecular formula is C8H16NO+. The molecule has 58 valence electrons. The fourth-order valence-electron chi connectivity index (χ4n) is 2.43. The van der Waals surface area contributed by atoms with E-state index in [1.807, 2.05) is 0 Å². The minimum absolute atomic E-state index is 0.0399. The summed E-state index contributed by atoms with van der Waals surface area (Å²) in [5.74, 6) is 0. The normalized spacial score (nSPS) is 32.1. The molecule has 1 heterocycles. The van der Waals surface area contributed by atoms with Crippen molar-refractivity contribution in [3.05, 3.63) is 0 Å². The molecular weight excluding hydrogens is 126 g/mol. The summed E-state index contributed by atoms with van der Waals surface area (Å²) in [5.41, 5.74) is 0.591. The van der Waals surface area contributed by atoms with Crippen molar-refractivity contribution in [3.8, 4) is 0 Å². The maximum absolute atomic E-state index is 9.16. The lowest BCUT2D eigenvalue weighted by Gasteiger charge is -2.46. The molecule has 0 amide bonds. The van der Waals surface area contributed by atoms with Gasteiger partial charge in [-0.15, -0.1) is 0 Å². The average Bonchev–Trinajstić information content (AvgIpc) is 1.87. The molecule has 1 spiro atoms. The number of hydrogen-bond donors (Lipinski definition) is 2. The highest BCUT2D eigenvalue weighted by atomic mass is 16.3. The summed E-state index contributed by atoms with van der Waals surface area (Å²) in [7, 11) is 0. The maximum atomic E-state index is 9.16. The third-order valence-electron chi connectivity index (χ3n) is 3.09. The van der Waals surface area contributed by atoms with Crippen LogP contribution < -0.4 is 5.32 Å². The van der Waals surface area contributed by atoms with Gasteiger partial charge in [-0.3, -0.25) is 0 Å². The predicted molar refractivity (Wildman–Crippen MR) is 38.6 cm³/mol. The fraction of sp³-hybridized carbons (Fsp3) is 1.00. The van der Waals surface area contributed by atoms with Gasteiger partial charge in [-0.2, -0.15) is 0 Å². The molecule has 0 radical (unpaired) electrons. The molecule has 0 unspecified atom stereocenters. The molecule has 2 nitrogen and oxygen atoms in total. The number of aliphatic hydroxyl groups is 1. The first-order valence-electron chi connectivity index (χ1n) is 4.31. The molecule has 2 rings (SSSR count). The summed E-state index contributed by atoms with van der Waals surface area (Å²) in [6.45, 7) is 2.57. The average molecular weight is 142 g/mol. The minimum Gasteiger partial charge on any atom is -0.393 e. The van der Waals surface area contributed by atoms with Gasteiger partial charge in [0.1, 0.15) is 0 Å². The number of rotatable bonds is 0. The van der Waals surface area contributed by atoms with Crippen LogP contribution in [-0.2, 0) is 0 Å². The fourth-order valence-corrected chi connectivity index (χ4v) is 2.43. The topological polar surface area (TPSA) is 36.8 Å². The predicted octanol–water partition coefficient (Wildman–Crippen LogP) is -0.515. The van der Waals surface area contributed by atoms with Crippen molar-refractivity contribution in [1.29, 1.82) is 0 Å². The molecule has 0 aromatic rings. The Bertz CT molecular complexity index is 114. The molecule has 2 heteroatoms. The van der Waals surface area contributed by atoms with Gasteiger partial charge in [0, 0.05) is 12.8 Å². The Morgan fingerprint density at radius 2 is 1.80 bits per heavy atom. The number of quaternary nitrogens is 1. The van der Waals surface area contributed by atoms with E-state index in [1.54, 1.807) is 0 Å². The Morgan fingerprint density at radius 3 is 2.30 bits per heavy atom. The largest absolute Gasteiger partial charge is 0.393 e. The second kappa shape index (κ2) is 2.21. The van der Waals surface area contributed by atoms with Gasteiger partial charge in [0.05, 0.1) is 19.2 Å². The molecule has 2 aliphatic rings. The lowest BCUT2D eigenvalue weighted by atomic mass is 9.62. The van der Waals surface area contributed by atoms with Crippen molar-refractivity contribution in [2.24, 2.45) is 5.41 Å². The van der Waals surface area contributed by atoms with Crippen LogP contribution in [0, 0.1) is 5.41 Å². The summed E-state index contributed by atoms with van der Waals surface area (Å²) in [6.07, 6.45) is 4.88. The summed E-state index contributed by atoms with van der Waals surface area (Å²) in [6, 6.07) is 0. The van der Waals surface area contributed by atoms with Gasteiger partial charge in [-0.25, -0.2) is 0 Å². The first kappa shape index (κ1) is 6.62. The lowest BCUT2D eigenvalue weighted by molar-refractivity contribution is -0.669. The summed E-state index contributed by atoms with van der Waals surface area (Å²) < 4.78 is 0. The quantitative estimate of drug-likeness (QED) is 0.469. The molecule has 1 aliphatic heterocycles. The van der Waals surface area contributed by atoms with Gasteiger partial charge in [0.25, 0.3) is 0 Å². The van der Waals surface area contributed by atoms with E-state index in [2.05, 4.69) is 5.32 Å². The van der Waals surface area contributed by atoms with Crippen molar-refractivity contribution in [2.45, 2.75) is 31.8 Å². The highest BCUT2D eigenvalue weighted by Crippen LogP contribution is 2.46. The van der Waals surface area contributed by atoms with E-state index in [0.717, 1.165) is 12.8 Å². The third kappa shape index (κ3) is 0.956. The molecule has 1 aliphatic carbocycles. The Labute approximate surface area is 61.6 Å². The third-order valence-corrected chi connectivity index (χ3v) is 3.09. The SMILES string of the molecule is OC1CC2(CC[NH2+]CC2)C1. The lowest BCUT2D eigenvalue weighted by Crippen LogP contribution is -2.87. The highest BCUT2D eigenvalue weighted by molar-refractivity contribution is 4.93. The van der Waals surface area contributed by atoms with Crippen LogP contribution in [0.3, 0.4) is 0 Å². The van der Waals surface area contributed by atoms with Gasteiger partial charge in [0.2, 0.25) is 0 Å². The molecule has 10 heavy (non-hydrogen) atoms. The van der Waals surface area contributed by atoms with Crippen LogP contribution in [0.15, 0.2) is 0 Å². The van der Waals surface area contributed by atoms with Gasteiger partial charge in [0.15, 0.2) is 0 Å². The van der Waals surface area contributed by atoms with Crippen molar-refractivity contribution < 1.29 is 10.4 Å². The minimum atomic E-state index is 0.0399. The van der Waals surface area contributed by atoms with Crippen molar-refractivity contribution >= 4 is 0 Å². The molecule has 1 saturated heterocycles. The van der Waals surface area contributed by atoms with Crippen LogP contribution in [0.1, 0.15) is 25.7 Å². The zero-order chi connectivity index (χ0) is 7.03. The Hall–Kier alpha value is -0.0800. The Balaban J connectivity index is 1.90. The number of hydrogen-bond acceptors (Lipinski definition) is 1. The van der Waals surface area contributed by atoms with Gasteiger partial charge in [-0.1, -0.05) is 0 Å². The maximum Gasteiger partial charge on any atom is 0.0760 e. The summed E-state index contributed by atoms with van der Waals surface area (Å²) >= 11 is 0. The van der Waals surface area contributed by atoms with E-state index in [0.29, 0.717) is 5.41 Å². The molecule has 0 aromatic heterocycles. The van der Waals surface area contributed by atoms with Crippen LogP contribution in [-0.4, -0.2) is 24.3 Å². The standard InChI is InChI=1S/C8H15NO/c10-7-5-8(6-7)1-3-9-4-2-8/h7,9-10H,1-6H2/p+1. The van der Waals surface area contributed by atoms with Crippen molar-refractivity contribution in [3.63, 3.8) is 0 Å². The second-order valence-electron chi connectivity index (χ2n) is 3.93. The van der Waals surface area contributed by atoms with Crippen LogP contribution in [0.5, 0.6) is 0 Å². The highest BCUT2D eigenvalue weighted by Gasteiger charge is 2.44. The van der Waals surface area contributed by atoms with Crippen molar-refractivity contribution in [1.82, 2.24) is 0 Å². The first-order chi connectivity index (χ1) is 4.81. The zero-order valence-electron chi connectivity index (χ0n) is 6.34. The van der Waals surface area contributed by atoms with Crippen LogP contribution in [0.4, 0.5) is 0 Å². The molecule has 3 N–H and O–H groups in total. The molecule has 2 fully saturated rings. The van der Waals surface area contributed by atoms with Gasteiger partial charge < -0.3 is 10.4 Å². The van der Waals surface area contributed by atoms with E-state index < -0.39 is 0 Å². The van der Waals surface area contributed by atoms with E-state index in [4.69, 9.17) is 5.11 Å². The monoisotopic (exact) mass is 142 g/mol. The molecule has 1 saturated carbocycles. The van der Waals surface area contributed by atoms with E-state index >= 15 is 0 Å². The number of piperidine rings is 1. The first-order valence-corrected chi connectivity index (χ1v) is 4.31. The Morgan fingerprint density at radius 1 is 1.20 bits per heavy atom. The summed E-state index contributed by atoms with van der Waals surface area (Å²) in [5, 5.41) is 11.5. The van der Waals surface area contributed by atoms with Gasteiger partial charge in [-0.05, 0) is 18.3 Å². The van der Waals surface area contributed by atoms with E-state index in [9.17, 15) is 0 Å². The van der Waals surface area contributed by atoms with Gasteiger partial charge >= 0.3 is 0 Å². The molecule has 0 bridgehead atoms. The van der Waals surface area contributed by atoms with E-state index in [1.165, 1.54) is 25.9 Å². The van der Waals surface area contributed by atoms with Crippen LogP contribution >= 0.6 is 0 Å². The molecule has 0 atom stereocenters. The van der Waals surface area contributed by atoms with E-state index in [-0.39, 0.29) is 6.10 Å². The smallest absolute Gasteiger partial charge is 0.0760 e. The number of nitrogens with two attached hydrogens (primary N) is 1. The molecule has 0 aromatic carbocycles. The van der Waals surface area contributed by atoms with Crippen LogP contribution in [0.2, 0.25) is 0 Å². The zero-order valence-corrected chi connectivity index (χ0v) is 6.34. The second-order valence-corrected chi connectivity index (χ2v) is 3.93. The van der Waals surface area contributed by atoms with Crippen molar-refractivity contribution in [2.75, 3.05) is 13.1 Å². The Kier molecular flexibility index (Phi) is 1.46.